The lowest BCUT2D eigenvalue weighted by Crippen LogP contribution is -2.51. The van der Waals surface area contributed by atoms with Gasteiger partial charge in [0.05, 0.1) is 12.0 Å². The maximum Gasteiger partial charge on any atom is 0.238 e. The van der Waals surface area contributed by atoms with E-state index >= 15 is 0 Å². The predicted octanol–water partition coefficient (Wildman–Crippen LogP) is 6.93. The lowest BCUT2D eigenvalue weighted by atomic mass is 9.63. The minimum Gasteiger partial charge on any atom is -0.352 e. The smallest absolute Gasteiger partial charge is 0.238 e. The average Bonchev–Trinajstić information content (AvgIpc) is 3.40. The molecule has 6 rings (SSSR count). The monoisotopic (exact) mass is 546 g/mol. The van der Waals surface area contributed by atoms with Crippen molar-refractivity contribution >= 4 is 34.4 Å². The molecule has 5 nitrogen and oxygen atoms in total. The molecule has 1 N–H and O–H groups in total. The van der Waals surface area contributed by atoms with Crippen molar-refractivity contribution in [2.24, 2.45) is 11.3 Å². The number of aryl methyl sites for hydroxylation is 2. The van der Waals surface area contributed by atoms with Gasteiger partial charge in [0.2, 0.25) is 5.91 Å². The molecule has 0 saturated carbocycles. The van der Waals surface area contributed by atoms with E-state index in [4.69, 9.17) is 0 Å². The molecule has 4 atom stereocenters. The lowest BCUT2D eigenvalue weighted by molar-refractivity contribution is -0.128. The van der Waals surface area contributed by atoms with Crippen molar-refractivity contribution in [2.45, 2.75) is 71.9 Å². The number of nitrogens with zero attached hydrogens (tertiary/aromatic N) is 1. The van der Waals surface area contributed by atoms with E-state index in [1.807, 2.05) is 75.4 Å². The summed E-state index contributed by atoms with van der Waals surface area (Å²) in [7, 11) is 0. The molecule has 3 aliphatic heterocycles. The van der Waals surface area contributed by atoms with E-state index in [-0.39, 0.29) is 17.5 Å². The Morgan fingerprint density at radius 3 is 2.37 bits per heavy atom. The van der Waals surface area contributed by atoms with Gasteiger partial charge in [-0.15, -0.1) is 0 Å². The van der Waals surface area contributed by atoms with Crippen LogP contribution >= 0.6 is 0 Å². The first-order valence-corrected chi connectivity index (χ1v) is 14.7. The maximum absolute atomic E-state index is 14.9. The van der Waals surface area contributed by atoms with E-state index in [1.54, 1.807) is 0 Å². The van der Waals surface area contributed by atoms with Gasteiger partial charge in [-0.3, -0.25) is 14.4 Å². The second kappa shape index (κ2) is 9.54. The van der Waals surface area contributed by atoms with E-state index in [1.165, 1.54) is 0 Å². The van der Waals surface area contributed by atoms with Crippen molar-refractivity contribution < 1.29 is 14.4 Å². The predicted molar refractivity (Wildman–Crippen MR) is 164 cm³/mol. The van der Waals surface area contributed by atoms with Gasteiger partial charge in [-0.25, -0.2) is 0 Å². The second-order valence-corrected chi connectivity index (χ2v) is 12.9. The van der Waals surface area contributed by atoms with Crippen molar-refractivity contribution in [3.63, 3.8) is 0 Å². The molecule has 1 saturated heterocycles. The topological polar surface area (TPSA) is 66.5 Å². The highest BCUT2D eigenvalue weighted by Gasteiger charge is 2.71. The fourth-order valence-corrected chi connectivity index (χ4v) is 7.29. The van der Waals surface area contributed by atoms with E-state index in [0.717, 1.165) is 46.4 Å². The van der Waals surface area contributed by atoms with Crippen LogP contribution in [0.1, 0.15) is 73.7 Å². The number of rotatable bonds is 5. The molecule has 0 unspecified atom stereocenters. The van der Waals surface area contributed by atoms with Crippen LogP contribution in [-0.4, -0.2) is 29.6 Å². The number of nitrogens with one attached hydrogen (secondary N) is 1. The zero-order valence-electron chi connectivity index (χ0n) is 24.7. The number of ketones is 2. The summed E-state index contributed by atoms with van der Waals surface area (Å²) in [5.41, 5.74) is 5.26. The molecule has 0 aromatic heterocycles. The third-order valence-corrected chi connectivity index (χ3v) is 9.20. The number of fused-ring (bicyclic) bond motifs is 6. The molecule has 0 radical (unpaired) electrons. The molecule has 3 aromatic rings. The molecule has 1 fully saturated rings. The van der Waals surface area contributed by atoms with Gasteiger partial charge in [0.25, 0.3) is 0 Å². The Balaban J connectivity index is 1.66. The van der Waals surface area contributed by atoms with Gasteiger partial charge in [-0.1, -0.05) is 94.3 Å². The first kappa shape index (κ1) is 27.2. The van der Waals surface area contributed by atoms with Crippen LogP contribution in [0.25, 0.3) is 5.57 Å². The molecular formula is C36H38N2O3. The molecule has 3 aliphatic rings. The Bertz CT molecular complexity index is 1610. The highest BCUT2D eigenvalue weighted by Crippen LogP contribution is 2.59. The van der Waals surface area contributed by atoms with Crippen LogP contribution in [0, 0.1) is 18.3 Å². The average molecular weight is 547 g/mol. The van der Waals surface area contributed by atoms with Gasteiger partial charge in [0.1, 0.15) is 11.5 Å². The quantitative estimate of drug-likeness (QED) is 0.353. The van der Waals surface area contributed by atoms with Gasteiger partial charge in [0.15, 0.2) is 11.6 Å². The van der Waals surface area contributed by atoms with E-state index in [9.17, 15) is 14.4 Å². The van der Waals surface area contributed by atoms with Crippen molar-refractivity contribution in [3.05, 3.63) is 101 Å². The summed E-state index contributed by atoms with van der Waals surface area (Å²) in [6.45, 7) is 12.0. The SMILES string of the molecule is CCCc1ccc(C(=O)[C@@H]2[C@H](C(=O)C(C)(C)C)N3c4ccc(C)cc4C(C)=C[C@H]3[C@@]23C(=O)Nc2ccccc23)cc1. The van der Waals surface area contributed by atoms with Crippen LogP contribution in [0.5, 0.6) is 0 Å². The summed E-state index contributed by atoms with van der Waals surface area (Å²) in [4.78, 5) is 46.0. The molecular weight excluding hydrogens is 508 g/mol. The Morgan fingerprint density at radius 1 is 0.976 bits per heavy atom. The third kappa shape index (κ3) is 3.93. The number of hydrogen-bond acceptors (Lipinski definition) is 4. The minimum atomic E-state index is -1.27. The number of carbonyl (C=O) groups is 3. The van der Waals surface area contributed by atoms with Crippen molar-refractivity contribution in [2.75, 3.05) is 10.2 Å². The molecule has 3 aromatic carbocycles. The Kier molecular flexibility index (Phi) is 6.33. The summed E-state index contributed by atoms with van der Waals surface area (Å²) in [5, 5.41) is 3.11. The number of carbonyl (C=O) groups excluding carboxylic acids is 3. The number of hydrogen-bond donors (Lipinski definition) is 1. The van der Waals surface area contributed by atoms with Gasteiger partial charge in [-0.2, -0.15) is 0 Å². The van der Waals surface area contributed by atoms with Crippen molar-refractivity contribution in [3.8, 4) is 0 Å². The molecule has 210 valence electrons. The lowest BCUT2D eigenvalue weighted by Gasteiger charge is -2.40. The summed E-state index contributed by atoms with van der Waals surface area (Å²) in [6.07, 6.45) is 4.06. The molecule has 1 amide bonds. The molecule has 5 heteroatoms. The standard InChI is InChI=1S/C36H38N2O3/c1-7-10-23-14-16-24(17-15-23)32(39)30-31(33(40)35(4,5)6)38-28-18-13-21(2)19-25(28)22(3)20-29(38)36(30)26-11-8-9-12-27(26)37-34(36)41/h8-9,11-20,29-31H,7,10H2,1-6H3,(H,37,41)/t29-,30-,31+,36+/m0/s1. The third-order valence-electron chi connectivity index (χ3n) is 9.20. The minimum absolute atomic E-state index is 0.0445. The molecule has 0 bridgehead atoms. The van der Waals surface area contributed by atoms with E-state index in [2.05, 4.69) is 49.2 Å². The van der Waals surface area contributed by atoms with Crippen LogP contribution in [0.15, 0.2) is 72.8 Å². The number of para-hydroxylation sites is 1. The second-order valence-electron chi connectivity index (χ2n) is 12.9. The van der Waals surface area contributed by atoms with Crippen LogP contribution in [-0.2, 0) is 21.4 Å². The zero-order valence-corrected chi connectivity index (χ0v) is 24.7. The van der Waals surface area contributed by atoms with Crippen LogP contribution in [0.4, 0.5) is 11.4 Å². The summed E-state index contributed by atoms with van der Waals surface area (Å²) < 4.78 is 0. The highest BCUT2D eigenvalue weighted by atomic mass is 16.2. The zero-order chi connectivity index (χ0) is 29.3. The van der Waals surface area contributed by atoms with Gasteiger partial charge >= 0.3 is 0 Å². The van der Waals surface area contributed by atoms with E-state index in [0.29, 0.717) is 11.3 Å². The number of benzene rings is 3. The summed E-state index contributed by atoms with van der Waals surface area (Å²) in [5.74, 6) is -1.36. The van der Waals surface area contributed by atoms with E-state index < -0.39 is 28.8 Å². The fourth-order valence-electron chi connectivity index (χ4n) is 7.29. The first-order valence-electron chi connectivity index (χ1n) is 14.7. The Hall–Kier alpha value is -3.99. The van der Waals surface area contributed by atoms with Crippen LogP contribution in [0.3, 0.4) is 0 Å². The van der Waals surface area contributed by atoms with Crippen molar-refractivity contribution in [1.29, 1.82) is 0 Å². The van der Waals surface area contributed by atoms with Gasteiger partial charge in [-0.05, 0) is 55.2 Å². The molecule has 1 spiro atoms. The molecule has 41 heavy (non-hydrogen) atoms. The van der Waals surface area contributed by atoms with Crippen LogP contribution in [0.2, 0.25) is 0 Å². The maximum atomic E-state index is 14.9. The summed E-state index contributed by atoms with van der Waals surface area (Å²) >= 11 is 0. The van der Waals surface area contributed by atoms with Gasteiger partial charge in [0, 0.05) is 27.9 Å². The van der Waals surface area contributed by atoms with Crippen LogP contribution < -0.4 is 10.2 Å². The largest absolute Gasteiger partial charge is 0.352 e. The van der Waals surface area contributed by atoms with Gasteiger partial charge < -0.3 is 10.2 Å². The Labute approximate surface area is 242 Å². The molecule has 0 aliphatic carbocycles. The number of Topliss-reactive ketones (excluding diaryl/α,β-unsaturated/α-hetero) is 2. The number of amides is 1. The van der Waals surface area contributed by atoms with Crippen molar-refractivity contribution in [1.82, 2.24) is 0 Å². The number of anilines is 2. The first-order chi connectivity index (χ1) is 19.5. The fraction of sp³-hybridized carbons (Fsp3) is 0.361. The normalized spacial score (nSPS) is 24.4. The summed E-state index contributed by atoms with van der Waals surface area (Å²) in [6, 6.07) is 20.3. The highest BCUT2D eigenvalue weighted by molar-refractivity contribution is 6.17. The number of allylic oxidation sites excluding steroid dienone is 1. The molecule has 3 heterocycles. The Morgan fingerprint density at radius 2 is 1.68 bits per heavy atom.